The van der Waals surface area contributed by atoms with Crippen LogP contribution in [-0.4, -0.2) is 56.6 Å². The van der Waals surface area contributed by atoms with E-state index in [0.29, 0.717) is 18.9 Å². The van der Waals surface area contributed by atoms with E-state index in [1.54, 1.807) is 0 Å². The minimum atomic E-state index is -0.0847. The molecule has 0 radical (unpaired) electrons. The minimum Gasteiger partial charge on any atom is -0.466 e. The van der Waals surface area contributed by atoms with Gasteiger partial charge in [0.05, 0.1) is 19.8 Å². The smallest absolute Gasteiger partial charge is 0.305 e. The van der Waals surface area contributed by atoms with Gasteiger partial charge in [0.15, 0.2) is 6.29 Å². The number of hydrogen-bond donors (Lipinski definition) is 0. The number of carbonyl (C=O) groups is 1. The quantitative estimate of drug-likeness (QED) is 0.684. The first-order valence-corrected chi connectivity index (χ1v) is 7.40. The Hall–Kier alpha value is -0.650. The van der Waals surface area contributed by atoms with Gasteiger partial charge in [0.25, 0.3) is 0 Å². The zero-order valence-electron chi connectivity index (χ0n) is 11.8. The van der Waals surface area contributed by atoms with Crippen LogP contribution in [0, 0.1) is 5.92 Å². The van der Waals surface area contributed by atoms with E-state index in [0.717, 1.165) is 39.3 Å². The molecule has 0 aromatic rings. The molecule has 0 bridgehead atoms. The molecule has 2 aliphatic rings. The molecule has 0 saturated carbocycles. The van der Waals surface area contributed by atoms with Gasteiger partial charge in [-0.1, -0.05) is 0 Å². The first-order valence-electron chi connectivity index (χ1n) is 7.40. The highest BCUT2D eigenvalue weighted by Gasteiger charge is 2.30. The highest BCUT2D eigenvalue weighted by molar-refractivity contribution is 5.69. The SMILES string of the molecule is CCOC(=O)CCCN1CCCC(C2OCCO2)C1. The van der Waals surface area contributed by atoms with Crippen LogP contribution in [-0.2, 0) is 19.0 Å². The number of carbonyl (C=O) groups excluding carboxylic acids is 1. The summed E-state index contributed by atoms with van der Waals surface area (Å²) in [6.45, 7) is 6.87. The van der Waals surface area contributed by atoms with Crippen molar-refractivity contribution in [2.24, 2.45) is 5.92 Å². The molecule has 5 nitrogen and oxygen atoms in total. The molecule has 2 fully saturated rings. The van der Waals surface area contributed by atoms with Crippen molar-refractivity contribution >= 4 is 5.97 Å². The minimum absolute atomic E-state index is 0.00661. The van der Waals surface area contributed by atoms with E-state index in [-0.39, 0.29) is 12.3 Å². The van der Waals surface area contributed by atoms with Crippen molar-refractivity contribution < 1.29 is 19.0 Å². The summed E-state index contributed by atoms with van der Waals surface area (Å²) in [4.78, 5) is 13.7. The lowest BCUT2D eigenvalue weighted by Gasteiger charge is -2.34. The second-order valence-corrected chi connectivity index (χ2v) is 5.22. The Bertz CT molecular complexity index is 279. The van der Waals surface area contributed by atoms with E-state index in [9.17, 15) is 4.79 Å². The Kier molecular flexibility index (Phi) is 6.07. The fourth-order valence-electron chi connectivity index (χ4n) is 2.85. The predicted octanol–water partition coefficient (Wildman–Crippen LogP) is 1.41. The Morgan fingerprint density at radius 3 is 2.89 bits per heavy atom. The Morgan fingerprint density at radius 1 is 1.37 bits per heavy atom. The van der Waals surface area contributed by atoms with Crippen LogP contribution in [0.4, 0.5) is 0 Å². The van der Waals surface area contributed by atoms with Gasteiger partial charge in [-0.15, -0.1) is 0 Å². The highest BCUT2D eigenvalue weighted by Crippen LogP contribution is 2.24. The van der Waals surface area contributed by atoms with Gasteiger partial charge < -0.3 is 19.1 Å². The standard InChI is InChI=1S/C14H25NO4/c1-2-17-13(16)6-4-8-15-7-3-5-12(11-15)14-18-9-10-19-14/h12,14H,2-11H2,1H3. The van der Waals surface area contributed by atoms with Gasteiger partial charge in [0.2, 0.25) is 0 Å². The summed E-state index contributed by atoms with van der Waals surface area (Å²) in [6, 6.07) is 0. The maximum absolute atomic E-state index is 11.3. The van der Waals surface area contributed by atoms with Crippen molar-refractivity contribution in [2.75, 3.05) is 39.5 Å². The van der Waals surface area contributed by atoms with E-state index in [1.807, 2.05) is 6.92 Å². The van der Waals surface area contributed by atoms with Crippen LogP contribution in [0.1, 0.15) is 32.6 Å². The maximum Gasteiger partial charge on any atom is 0.305 e. The van der Waals surface area contributed by atoms with Crippen molar-refractivity contribution in [2.45, 2.75) is 38.9 Å². The average Bonchev–Trinajstić information content (AvgIpc) is 2.93. The fourth-order valence-corrected chi connectivity index (χ4v) is 2.85. The molecule has 0 spiro atoms. The summed E-state index contributed by atoms with van der Waals surface area (Å²) >= 11 is 0. The summed E-state index contributed by atoms with van der Waals surface area (Å²) in [5.74, 6) is 0.400. The number of hydrogen-bond acceptors (Lipinski definition) is 5. The lowest BCUT2D eigenvalue weighted by atomic mass is 9.97. The summed E-state index contributed by atoms with van der Waals surface area (Å²) in [5.41, 5.74) is 0. The molecule has 19 heavy (non-hydrogen) atoms. The molecule has 110 valence electrons. The number of rotatable bonds is 6. The van der Waals surface area contributed by atoms with E-state index in [1.165, 1.54) is 12.8 Å². The molecule has 2 aliphatic heterocycles. The Morgan fingerprint density at radius 2 is 2.16 bits per heavy atom. The molecule has 0 aliphatic carbocycles. The topological polar surface area (TPSA) is 48.0 Å². The monoisotopic (exact) mass is 271 g/mol. The predicted molar refractivity (Wildman–Crippen MR) is 70.7 cm³/mol. The molecule has 0 aromatic heterocycles. The second-order valence-electron chi connectivity index (χ2n) is 5.22. The van der Waals surface area contributed by atoms with Gasteiger partial charge in [0, 0.05) is 18.9 Å². The summed E-state index contributed by atoms with van der Waals surface area (Å²) < 4.78 is 16.1. The number of piperidine rings is 1. The van der Waals surface area contributed by atoms with E-state index in [2.05, 4.69) is 4.90 Å². The molecule has 2 heterocycles. The first-order chi connectivity index (χ1) is 9.29. The molecule has 2 saturated heterocycles. The number of nitrogens with zero attached hydrogens (tertiary/aromatic N) is 1. The highest BCUT2D eigenvalue weighted by atomic mass is 16.7. The van der Waals surface area contributed by atoms with Crippen LogP contribution in [0.2, 0.25) is 0 Å². The van der Waals surface area contributed by atoms with Crippen molar-refractivity contribution in [3.05, 3.63) is 0 Å². The molecule has 1 unspecified atom stereocenters. The zero-order valence-corrected chi connectivity index (χ0v) is 11.8. The third-order valence-electron chi connectivity index (χ3n) is 3.74. The lowest BCUT2D eigenvalue weighted by Crippen LogP contribution is -2.41. The van der Waals surface area contributed by atoms with Gasteiger partial charge in [-0.25, -0.2) is 0 Å². The van der Waals surface area contributed by atoms with Gasteiger partial charge in [-0.05, 0) is 39.3 Å². The molecule has 0 aromatic carbocycles. The summed E-state index contributed by atoms with van der Waals surface area (Å²) in [6.07, 6.45) is 3.75. The Labute approximate surface area is 115 Å². The van der Waals surface area contributed by atoms with Crippen molar-refractivity contribution in [1.82, 2.24) is 4.90 Å². The summed E-state index contributed by atoms with van der Waals surface area (Å²) in [5, 5.41) is 0. The van der Waals surface area contributed by atoms with Gasteiger partial charge in [-0.3, -0.25) is 4.79 Å². The van der Waals surface area contributed by atoms with Crippen LogP contribution in [0.5, 0.6) is 0 Å². The third-order valence-corrected chi connectivity index (χ3v) is 3.74. The van der Waals surface area contributed by atoms with Crippen molar-refractivity contribution in [3.8, 4) is 0 Å². The third kappa shape index (κ3) is 4.75. The van der Waals surface area contributed by atoms with Gasteiger partial charge in [0.1, 0.15) is 0 Å². The molecular formula is C14H25NO4. The van der Waals surface area contributed by atoms with Crippen molar-refractivity contribution in [1.29, 1.82) is 0 Å². The van der Waals surface area contributed by atoms with Gasteiger partial charge >= 0.3 is 5.97 Å². The van der Waals surface area contributed by atoms with Crippen LogP contribution in [0.3, 0.4) is 0 Å². The molecule has 1 atom stereocenters. The molecule has 0 N–H and O–H groups in total. The van der Waals surface area contributed by atoms with E-state index in [4.69, 9.17) is 14.2 Å². The number of esters is 1. The van der Waals surface area contributed by atoms with Crippen LogP contribution in [0.25, 0.3) is 0 Å². The largest absolute Gasteiger partial charge is 0.466 e. The van der Waals surface area contributed by atoms with E-state index < -0.39 is 0 Å². The van der Waals surface area contributed by atoms with E-state index >= 15 is 0 Å². The fraction of sp³-hybridized carbons (Fsp3) is 0.929. The molecule has 5 heteroatoms. The average molecular weight is 271 g/mol. The molecule has 2 rings (SSSR count). The van der Waals surface area contributed by atoms with Crippen molar-refractivity contribution in [3.63, 3.8) is 0 Å². The second kappa shape index (κ2) is 7.82. The number of ether oxygens (including phenoxy) is 3. The lowest BCUT2D eigenvalue weighted by molar-refractivity contribution is -0.143. The molecular weight excluding hydrogens is 246 g/mol. The molecule has 0 amide bonds. The number of likely N-dealkylation sites (tertiary alicyclic amines) is 1. The summed E-state index contributed by atoms with van der Waals surface area (Å²) in [7, 11) is 0. The zero-order chi connectivity index (χ0) is 13.5. The normalized spacial score (nSPS) is 25.6. The van der Waals surface area contributed by atoms with Crippen LogP contribution >= 0.6 is 0 Å². The first kappa shape index (κ1) is 14.8. The maximum atomic E-state index is 11.3. The van der Waals surface area contributed by atoms with Gasteiger partial charge in [-0.2, -0.15) is 0 Å². The Balaban J connectivity index is 1.64. The van der Waals surface area contributed by atoms with Crippen LogP contribution in [0.15, 0.2) is 0 Å². The van der Waals surface area contributed by atoms with Crippen LogP contribution < -0.4 is 0 Å².